The summed E-state index contributed by atoms with van der Waals surface area (Å²) in [7, 11) is 4.06. The van der Waals surface area contributed by atoms with Crippen LogP contribution in [0.5, 0.6) is 0 Å². The Hall–Kier alpha value is -3.06. The molecule has 7 heteroatoms. The Morgan fingerprint density at radius 3 is 2.36 bits per heavy atom. The Labute approximate surface area is 163 Å². The van der Waals surface area contributed by atoms with Gasteiger partial charge in [0.2, 0.25) is 0 Å². The van der Waals surface area contributed by atoms with Crippen LogP contribution in [0.4, 0.5) is 26.1 Å². The first-order valence-corrected chi connectivity index (χ1v) is 9.06. The van der Waals surface area contributed by atoms with Gasteiger partial charge in [-0.1, -0.05) is 30.3 Å². The summed E-state index contributed by atoms with van der Waals surface area (Å²) in [4.78, 5) is 11.2. The Kier molecular flexibility index (Phi) is 6.49. The van der Waals surface area contributed by atoms with Gasteiger partial charge >= 0.3 is 0 Å². The van der Waals surface area contributed by atoms with Crippen LogP contribution in [-0.2, 0) is 0 Å². The van der Waals surface area contributed by atoms with E-state index >= 15 is 0 Å². The van der Waals surface area contributed by atoms with Crippen molar-refractivity contribution in [1.82, 2.24) is 14.9 Å². The lowest BCUT2D eigenvalue weighted by Crippen LogP contribution is -2.16. The molecule has 0 saturated carbocycles. The molecule has 146 valence electrons. The van der Waals surface area contributed by atoms with Gasteiger partial charge in [0.05, 0.1) is 0 Å². The van der Waals surface area contributed by atoms with Gasteiger partial charge in [-0.2, -0.15) is 0 Å². The Morgan fingerprint density at radius 2 is 1.64 bits per heavy atom. The zero-order valence-electron chi connectivity index (χ0n) is 15.9. The van der Waals surface area contributed by atoms with Crippen LogP contribution in [-0.4, -0.2) is 42.1 Å². The van der Waals surface area contributed by atoms with Gasteiger partial charge in [-0.25, -0.2) is 18.7 Å². The molecule has 1 heterocycles. The average Bonchev–Trinajstić information content (AvgIpc) is 2.68. The van der Waals surface area contributed by atoms with Crippen molar-refractivity contribution in [3.8, 4) is 11.4 Å². The minimum absolute atomic E-state index is 0.412. The van der Waals surface area contributed by atoms with E-state index < -0.39 is 11.6 Å². The van der Waals surface area contributed by atoms with Crippen molar-refractivity contribution >= 4 is 17.3 Å². The van der Waals surface area contributed by atoms with Crippen LogP contribution in [0.15, 0.2) is 54.6 Å². The van der Waals surface area contributed by atoms with Crippen molar-refractivity contribution < 1.29 is 8.78 Å². The van der Waals surface area contributed by atoms with E-state index in [9.17, 15) is 8.78 Å². The highest BCUT2D eigenvalue weighted by Crippen LogP contribution is 2.23. The Bertz CT molecular complexity index is 916. The summed E-state index contributed by atoms with van der Waals surface area (Å²) < 4.78 is 26.7. The van der Waals surface area contributed by atoms with Gasteiger partial charge in [0.15, 0.2) is 17.5 Å². The molecule has 0 fully saturated rings. The fourth-order valence-electron chi connectivity index (χ4n) is 2.65. The van der Waals surface area contributed by atoms with E-state index in [4.69, 9.17) is 0 Å². The summed E-state index contributed by atoms with van der Waals surface area (Å²) in [6.07, 6.45) is 0.962. The molecular formula is C21H23F2N5. The highest BCUT2D eigenvalue weighted by atomic mass is 19.2. The lowest BCUT2D eigenvalue weighted by atomic mass is 10.2. The molecule has 3 aromatic rings. The fourth-order valence-corrected chi connectivity index (χ4v) is 2.65. The highest BCUT2D eigenvalue weighted by molar-refractivity contribution is 5.65. The van der Waals surface area contributed by atoms with Crippen molar-refractivity contribution in [2.24, 2.45) is 0 Å². The molecule has 0 radical (unpaired) electrons. The first-order chi connectivity index (χ1) is 13.5. The van der Waals surface area contributed by atoms with E-state index in [-0.39, 0.29) is 0 Å². The van der Waals surface area contributed by atoms with E-state index in [1.165, 1.54) is 6.07 Å². The van der Waals surface area contributed by atoms with Crippen LogP contribution >= 0.6 is 0 Å². The van der Waals surface area contributed by atoms with Crippen molar-refractivity contribution in [2.75, 3.05) is 37.8 Å². The van der Waals surface area contributed by atoms with Crippen molar-refractivity contribution in [2.45, 2.75) is 6.42 Å². The molecule has 0 unspecified atom stereocenters. The van der Waals surface area contributed by atoms with Gasteiger partial charge < -0.3 is 15.5 Å². The molecule has 1 aromatic heterocycles. The molecule has 0 saturated heterocycles. The van der Waals surface area contributed by atoms with Gasteiger partial charge in [-0.15, -0.1) is 0 Å². The smallest absolute Gasteiger partial charge is 0.163 e. The van der Waals surface area contributed by atoms with Crippen molar-refractivity contribution in [3.63, 3.8) is 0 Å². The van der Waals surface area contributed by atoms with E-state index in [2.05, 4.69) is 25.5 Å². The molecule has 28 heavy (non-hydrogen) atoms. The van der Waals surface area contributed by atoms with Crippen LogP contribution < -0.4 is 10.6 Å². The van der Waals surface area contributed by atoms with Crippen LogP contribution in [0.3, 0.4) is 0 Å². The molecule has 2 N–H and O–H groups in total. The van der Waals surface area contributed by atoms with Crippen LogP contribution in [0.2, 0.25) is 0 Å². The SMILES string of the molecule is CN(C)CCCNc1cc(Nc2ccc(F)c(F)c2)nc(-c2ccccc2)n1. The third kappa shape index (κ3) is 5.47. The summed E-state index contributed by atoms with van der Waals surface area (Å²) in [5.74, 6) is -0.0956. The number of hydrogen-bond acceptors (Lipinski definition) is 5. The van der Waals surface area contributed by atoms with Gasteiger partial charge in [0, 0.05) is 29.9 Å². The molecule has 0 aliphatic rings. The largest absolute Gasteiger partial charge is 0.370 e. The maximum Gasteiger partial charge on any atom is 0.163 e. The molecule has 0 bridgehead atoms. The normalized spacial score (nSPS) is 10.9. The zero-order chi connectivity index (χ0) is 19.9. The predicted octanol–water partition coefficient (Wildman–Crippen LogP) is 4.53. The average molecular weight is 383 g/mol. The maximum absolute atomic E-state index is 13.5. The molecule has 0 atom stereocenters. The minimum Gasteiger partial charge on any atom is -0.370 e. The number of hydrogen-bond donors (Lipinski definition) is 2. The number of halogens is 2. The topological polar surface area (TPSA) is 53.1 Å². The molecule has 0 aliphatic heterocycles. The third-order valence-electron chi connectivity index (χ3n) is 4.04. The van der Waals surface area contributed by atoms with E-state index in [1.807, 2.05) is 44.4 Å². The van der Waals surface area contributed by atoms with Crippen LogP contribution in [0.25, 0.3) is 11.4 Å². The third-order valence-corrected chi connectivity index (χ3v) is 4.04. The zero-order valence-corrected chi connectivity index (χ0v) is 15.9. The number of anilines is 3. The predicted molar refractivity (Wildman–Crippen MR) is 109 cm³/mol. The van der Waals surface area contributed by atoms with Gasteiger partial charge in [-0.05, 0) is 39.2 Å². The molecule has 0 spiro atoms. The number of nitrogens with zero attached hydrogens (tertiary/aromatic N) is 3. The summed E-state index contributed by atoms with van der Waals surface area (Å²) in [6.45, 7) is 1.72. The van der Waals surface area contributed by atoms with Crippen LogP contribution in [0, 0.1) is 11.6 Å². The molecule has 0 amide bonds. The van der Waals surface area contributed by atoms with Gasteiger partial charge in [0.25, 0.3) is 0 Å². The summed E-state index contributed by atoms with van der Waals surface area (Å²) in [6, 6.07) is 15.0. The second kappa shape index (κ2) is 9.23. The molecule has 3 rings (SSSR count). The lowest BCUT2D eigenvalue weighted by Gasteiger charge is -2.13. The monoisotopic (exact) mass is 383 g/mol. The summed E-state index contributed by atoms with van der Waals surface area (Å²) in [5, 5.41) is 6.33. The number of benzene rings is 2. The van der Waals surface area contributed by atoms with E-state index in [1.54, 1.807) is 6.07 Å². The van der Waals surface area contributed by atoms with E-state index in [0.29, 0.717) is 23.1 Å². The molecule has 2 aromatic carbocycles. The second-order valence-electron chi connectivity index (χ2n) is 6.67. The summed E-state index contributed by atoms with van der Waals surface area (Å²) >= 11 is 0. The first-order valence-electron chi connectivity index (χ1n) is 9.06. The van der Waals surface area contributed by atoms with Gasteiger partial charge in [-0.3, -0.25) is 0 Å². The standard InChI is InChI=1S/C21H23F2N5/c1-28(2)12-6-11-24-19-14-20(25-16-9-10-17(22)18(23)13-16)27-21(26-19)15-7-4-3-5-8-15/h3-5,7-10,13-14H,6,11-12H2,1-2H3,(H2,24,25,26,27). The number of aromatic nitrogens is 2. The highest BCUT2D eigenvalue weighted by Gasteiger charge is 2.09. The van der Waals surface area contributed by atoms with Crippen LogP contribution in [0.1, 0.15) is 6.42 Å². The van der Waals surface area contributed by atoms with Crippen molar-refractivity contribution in [3.05, 3.63) is 66.2 Å². The number of rotatable bonds is 8. The first kappa shape index (κ1) is 19.7. The Balaban J connectivity index is 1.85. The van der Waals surface area contributed by atoms with Crippen molar-refractivity contribution in [1.29, 1.82) is 0 Å². The second-order valence-corrected chi connectivity index (χ2v) is 6.67. The summed E-state index contributed by atoms with van der Waals surface area (Å²) in [5.41, 5.74) is 1.28. The fraction of sp³-hybridized carbons (Fsp3) is 0.238. The number of nitrogens with one attached hydrogen (secondary N) is 2. The molecule has 0 aliphatic carbocycles. The quantitative estimate of drug-likeness (QED) is 0.560. The minimum atomic E-state index is -0.913. The Morgan fingerprint density at radius 1 is 0.893 bits per heavy atom. The maximum atomic E-state index is 13.5. The molecular weight excluding hydrogens is 360 g/mol. The van der Waals surface area contributed by atoms with E-state index in [0.717, 1.165) is 37.2 Å². The molecule has 5 nitrogen and oxygen atoms in total. The lowest BCUT2D eigenvalue weighted by molar-refractivity contribution is 0.405. The van der Waals surface area contributed by atoms with Gasteiger partial charge in [0.1, 0.15) is 11.6 Å².